The molecular formula is C13H22N2O2S. The first kappa shape index (κ1) is 13.9. The van der Waals surface area contributed by atoms with Gasteiger partial charge in [0.25, 0.3) is 0 Å². The van der Waals surface area contributed by atoms with Crippen LogP contribution in [0.4, 0.5) is 0 Å². The molecule has 1 aromatic heterocycles. The largest absolute Gasteiger partial charge is 0.376 e. The molecule has 0 bridgehead atoms. The Kier molecular flexibility index (Phi) is 5.56. The van der Waals surface area contributed by atoms with Crippen LogP contribution in [0.25, 0.3) is 0 Å². The van der Waals surface area contributed by atoms with Crippen molar-refractivity contribution in [2.24, 2.45) is 0 Å². The molecule has 0 radical (unpaired) electrons. The normalized spacial score (nSPS) is 15.5. The van der Waals surface area contributed by atoms with Gasteiger partial charge in [-0.3, -0.25) is 0 Å². The van der Waals surface area contributed by atoms with Gasteiger partial charge in [-0.05, 0) is 26.7 Å². The number of hydrogen-bond donors (Lipinski definition) is 1. The number of nitrogens with one attached hydrogen (secondary N) is 1. The van der Waals surface area contributed by atoms with E-state index in [1.807, 2.05) is 13.8 Å². The standard InChI is InChI=1S/C13H22N2O2S/c1-10(2)17-6-5-16-8-12-9-18-13(15-12)7-14-11-3-4-11/h9-11,14H,3-8H2,1-2H3. The molecule has 1 aliphatic carbocycles. The first-order valence-corrected chi connectivity index (χ1v) is 7.48. The summed E-state index contributed by atoms with van der Waals surface area (Å²) in [5, 5.41) is 6.69. The SMILES string of the molecule is CC(C)OCCOCc1csc(CNC2CC2)n1. The van der Waals surface area contributed by atoms with Crippen molar-refractivity contribution >= 4 is 11.3 Å². The minimum absolute atomic E-state index is 0.271. The lowest BCUT2D eigenvalue weighted by Gasteiger charge is -2.07. The second-order valence-electron chi connectivity index (χ2n) is 4.86. The van der Waals surface area contributed by atoms with Gasteiger partial charge in [-0.1, -0.05) is 0 Å². The summed E-state index contributed by atoms with van der Waals surface area (Å²) in [6.45, 7) is 6.82. The fourth-order valence-corrected chi connectivity index (χ4v) is 2.26. The summed E-state index contributed by atoms with van der Waals surface area (Å²) >= 11 is 1.70. The van der Waals surface area contributed by atoms with Crippen LogP contribution in [-0.2, 0) is 22.6 Å². The van der Waals surface area contributed by atoms with Crippen molar-refractivity contribution in [3.63, 3.8) is 0 Å². The van der Waals surface area contributed by atoms with Crippen molar-refractivity contribution in [1.82, 2.24) is 10.3 Å². The van der Waals surface area contributed by atoms with Gasteiger partial charge in [0.05, 0.1) is 31.6 Å². The first-order chi connectivity index (χ1) is 8.74. The molecule has 0 unspecified atom stereocenters. The molecule has 1 aliphatic rings. The topological polar surface area (TPSA) is 43.4 Å². The summed E-state index contributed by atoms with van der Waals surface area (Å²) in [7, 11) is 0. The monoisotopic (exact) mass is 270 g/mol. The lowest BCUT2D eigenvalue weighted by atomic mass is 10.5. The predicted molar refractivity (Wildman–Crippen MR) is 72.7 cm³/mol. The Balaban J connectivity index is 1.57. The van der Waals surface area contributed by atoms with Crippen LogP contribution in [0.5, 0.6) is 0 Å². The Hall–Kier alpha value is -0.490. The zero-order chi connectivity index (χ0) is 12.8. The summed E-state index contributed by atoms with van der Waals surface area (Å²) in [6, 6.07) is 0.738. The van der Waals surface area contributed by atoms with E-state index in [1.54, 1.807) is 11.3 Å². The maximum absolute atomic E-state index is 5.52. The van der Waals surface area contributed by atoms with Crippen LogP contribution in [0.2, 0.25) is 0 Å². The lowest BCUT2D eigenvalue weighted by molar-refractivity contribution is 0.0136. The van der Waals surface area contributed by atoms with Crippen molar-refractivity contribution in [2.45, 2.75) is 52.0 Å². The van der Waals surface area contributed by atoms with E-state index in [0.717, 1.165) is 23.3 Å². The number of nitrogens with zero attached hydrogens (tertiary/aromatic N) is 1. The molecule has 2 rings (SSSR count). The summed E-state index contributed by atoms with van der Waals surface area (Å²) in [5.74, 6) is 0. The molecule has 4 nitrogen and oxygen atoms in total. The van der Waals surface area contributed by atoms with Crippen LogP contribution >= 0.6 is 11.3 Å². The third-order valence-corrected chi connectivity index (χ3v) is 3.55. The van der Waals surface area contributed by atoms with Gasteiger partial charge in [-0.2, -0.15) is 0 Å². The number of rotatable bonds is 9. The van der Waals surface area contributed by atoms with Gasteiger partial charge in [0.15, 0.2) is 0 Å². The molecule has 0 aromatic carbocycles. The van der Waals surface area contributed by atoms with Crippen molar-refractivity contribution in [3.05, 3.63) is 16.1 Å². The molecule has 1 heterocycles. The fraction of sp³-hybridized carbons (Fsp3) is 0.769. The van der Waals surface area contributed by atoms with Gasteiger partial charge in [0, 0.05) is 18.0 Å². The molecule has 1 aromatic rings. The molecule has 1 saturated carbocycles. The molecule has 1 N–H and O–H groups in total. The van der Waals surface area contributed by atoms with E-state index < -0.39 is 0 Å². The zero-order valence-electron chi connectivity index (χ0n) is 11.1. The Morgan fingerprint density at radius 2 is 2.28 bits per heavy atom. The Bertz CT molecular complexity index is 351. The zero-order valence-corrected chi connectivity index (χ0v) is 12.0. The van der Waals surface area contributed by atoms with Crippen molar-refractivity contribution in [2.75, 3.05) is 13.2 Å². The quantitative estimate of drug-likeness (QED) is 0.699. The maximum atomic E-state index is 5.52. The number of hydrogen-bond acceptors (Lipinski definition) is 5. The highest BCUT2D eigenvalue weighted by Crippen LogP contribution is 2.20. The molecule has 0 spiro atoms. The van der Waals surface area contributed by atoms with Gasteiger partial charge < -0.3 is 14.8 Å². The molecule has 0 saturated heterocycles. The Morgan fingerprint density at radius 3 is 3.00 bits per heavy atom. The highest BCUT2D eigenvalue weighted by Gasteiger charge is 2.20. The van der Waals surface area contributed by atoms with Crippen LogP contribution in [-0.4, -0.2) is 30.3 Å². The van der Waals surface area contributed by atoms with Gasteiger partial charge in [0.2, 0.25) is 0 Å². The van der Waals surface area contributed by atoms with E-state index in [2.05, 4.69) is 15.7 Å². The van der Waals surface area contributed by atoms with Crippen molar-refractivity contribution in [1.29, 1.82) is 0 Å². The van der Waals surface area contributed by atoms with E-state index in [1.165, 1.54) is 12.8 Å². The summed E-state index contributed by atoms with van der Waals surface area (Å²) in [6.07, 6.45) is 2.90. The van der Waals surface area contributed by atoms with Crippen LogP contribution in [0.3, 0.4) is 0 Å². The van der Waals surface area contributed by atoms with E-state index in [9.17, 15) is 0 Å². The van der Waals surface area contributed by atoms with Crippen LogP contribution < -0.4 is 5.32 Å². The second-order valence-corrected chi connectivity index (χ2v) is 5.80. The maximum Gasteiger partial charge on any atom is 0.107 e. The molecule has 1 fully saturated rings. The van der Waals surface area contributed by atoms with Crippen LogP contribution in [0, 0.1) is 0 Å². The summed E-state index contributed by atoms with van der Waals surface area (Å²) in [5.41, 5.74) is 1.03. The molecule has 18 heavy (non-hydrogen) atoms. The summed E-state index contributed by atoms with van der Waals surface area (Å²) < 4.78 is 10.9. The third kappa shape index (κ3) is 5.44. The molecule has 5 heteroatoms. The van der Waals surface area contributed by atoms with E-state index in [4.69, 9.17) is 9.47 Å². The van der Waals surface area contributed by atoms with Crippen LogP contribution in [0.15, 0.2) is 5.38 Å². The molecule has 0 aliphatic heterocycles. The highest BCUT2D eigenvalue weighted by atomic mass is 32.1. The number of ether oxygens (including phenoxy) is 2. The van der Waals surface area contributed by atoms with Gasteiger partial charge >= 0.3 is 0 Å². The van der Waals surface area contributed by atoms with E-state index in [0.29, 0.717) is 19.8 Å². The number of aromatic nitrogens is 1. The molecule has 0 amide bonds. The van der Waals surface area contributed by atoms with Gasteiger partial charge in [-0.15, -0.1) is 11.3 Å². The van der Waals surface area contributed by atoms with E-state index in [-0.39, 0.29) is 6.10 Å². The smallest absolute Gasteiger partial charge is 0.107 e. The average molecular weight is 270 g/mol. The third-order valence-electron chi connectivity index (χ3n) is 2.65. The Labute approximate surface area is 113 Å². The minimum atomic E-state index is 0.271. The van der Waals surface area contributed by atoms with E-state index >= 15 is 0 Å². The number of thiazole rings is 1. The first-order valence-electron chi connectivity index (χ1n) is 6.60. The van der Waals surface area contributed by atoms with Crippen LogP contribution in [0.1, 0.15) is 37.4 Å². The second kappa shape index (κ2) is 7.19. The molecule has 102 valence electrons. The Morgan fingerprint density at radius 1 is 1.44 bits per heavy atom. The predicted octanol–water partition coefficient (Wildman–Crippen LogP) is 2.34. The molecule has 0 atom stereocenters. The van der Waals surface area contributed by atoms with Gasteiger partial charge in [0.1, 0.15) is 5.01 Å². The fourth-order valence-electron chi connectivity index (χ4n) is 1.53. The molecular weight excluding hydrogens is 248 g/mol. The average Bonchev–Trinajstić information content (AvgIpc) is 3.06. The van der Waals surface area contributed by atoms with Crippen molar-refractivity contribution in [3.8, 4) is 0 Å². The van der Waals surface area contributed by atoms with Crippen molar-refractivity contribution < 1.29 is 9.47 Å². The lowest BCUT2D eigenvalue weighted by Crippen LogP contribution is -2.15. The van der Waals surface area contributed by atoms with Gasteiger partial charge in [-0.25, -0.2) is 4.98 Å². The highest BCUT2D eigenvalue weighted by molar-refractivity contribution is 7.09. The summed E-state index contributed by atoms with van der Waals surface area (Å²) in [4.78, 5) is 4.53. The minimum Gasteiger partial charge on any atom is -0.376 e.